The Bertz CT molecular complexity index is 723. The summed E-state index contributed by atoms with van der Waals surface area (Å²) in [6.45, 7) is 0. The van der Waals surface area contributed by atoms with Crippen LogP contribution in [-0.2, 0) is 6.18 Å². The van der Waals surface area contributed by atoms with Crippen molar-refractivity contribution < 1.29 is 17.9 Å². The molecule has 0 heterocycles. The van der Waals surface area contributed by atoms with Crippen LogP contribution >= 0.6 is 11.6 Å². The molecule has 0 aromatic heterocycles. The Morgan fingerprint density at radius 1 is 1.10 bits per heavy atom. The number of benzene rings is 2. The number of alkyl halides is 3. The van der Waals surface area contributed by atoms with Crippen molar-refractivity contribution in [2.45, 2.75) is 6.18 Å². The minimum absolute atomic E-state index is 0.0143. The quantitative estimate of drug-likeness (QED) is 0.824. The molecule has 0 atom stereocenters. The van der Waals surface area contributed by atoms with E-state index in [9.17, 15) is 13.2 Å². The van der Waals surface area contributed by atoms with E-state index < -0.39 is 17.5 Å². The molecule has 0 aliphatic heterocycles. The number of halogens is 4. The largest absolute Gasteiger partial charge is 0.455 e. The third-order valence-corrected chi connectivity index (χ3v) is 2.83. The summed E-state index contributed by atoms with van der Waals surface area (Å²) < 4.78 is 44.1. The summed E-state index contributed by atoms with van der Waals surface area (Å²) in [4.78, 5) is 0. The fourth-order valence-electron chi connectivity index (χ4n) is 1.66. The van der Waals surface area contributed by atoms with Gasteiger partial charge in [0.1, 0.15) is 17.6 Å². The second-order valence-electron chi connectivity index (χ2n) is 4.11. The van der Waals surface area contributed by atoms with Crippen LogP contribution in [0.2, 0.25) is 5.02 Å². The van der Waals surface area contributed by atoms with Gasteiger partial charge in [-0.1, -0.05) is 11.6 Å². The molecule has 0 amide bonds. The van der Waals surface area contributed by atoms with Gasteiger partial charge in [0.2, 0.25) is 0 Å². The standard InChI is InChI=1S/C14H8ClF3N2O/c15-9-1-3-13(11(6-9)14(16,17)18)21-12-4-2-10(20)5-8(12)7-19/h1-6H,20H2. The molecule has 2 N–H and O–H groups in total. The summed E-state index contributed by atoms with van der Waals surface area (Å²) in [6, 6.07) is 9.04. The Morgan fingerprint density at radius 3 is 2.38 bits per heavy atom. The maximum atomic E-state index is 13.0. The lowest BCUT2D eigenvalue weighted by Crippen LogP contribution is -2.07. The van der Waals surface area contributed by atoms with Gasteiger partial charge in [0.15, 0.2) is 0 Å². The molecule has 7 heteroatoms. The van der Waals surface area contributed by atoms with Crippen molar-refractivity contribution in [2.75, 3.05) is 5.73 Å². The predicted octanol–water partition coefficient (Wildman–Crippen LogP) is 4.60. The minimum atomic E-state index is -4.62. The van der Waals surface area contributed by atoms with Gasteiger partial charge in [0.05, 0.1) is 11.1 Å². The lowest BCUT2D eigenvalue weighted by atomic mass is 10.1. The van der Waals surface area contributed by atoms with Crippen molar-refractivity contribution in [3.8, 4) is 17.6 Å². The van der Waals surface area contributed by atoms with Gasteiger partial charge in [-0.15, -0.1) is 0 Å². The second kappa shape index (κ2) is 5.54. The Hall–Kier alpha value is -2.39. The van der Waals surface area contributed by atoms with Crippen LogP contribution in [0.5, 0.6) is 11.5 Å². The van der Waals surface area contributed by atoms with Crippen LogP contribution in [0.4, 0.5) is 18.9 Å². The van der Waals surface area contributed by atoms with Gasteiger partial charge >= 0.3 is 6.18 Å². The number of nitrogens with zero attached hydrogens (tertiary/aromatic N) is 1. The van der Waals surface area contributed by atoms with E-state index in [1.807, 2.05) is 6.07 Å². The van der Waals surface area contributed by atoms with E-state index in [1.165, 1.54) is 24.3 Å². The summed E-state index contributed by atoms with van der Waals surface area (Å²) in [5.41, 5.74) is 4.84. The molecule has 108 valence electrons. The summed E-state index contributed by atoms with van der Waals surface area (Å²) in [6.07, 6.45) is -4.62. The van der Waals surface area contributed by atoms with Crippen LogP contribution in [0.25, 0.3) is 0 Å². The molecule has 2 rings (SSSR count). The molecule has 0 aliphatic carbocycles. The van der Waals surface area contributed by atoms with Gasteiger partial charge in [0.25, 0.3) is 0 Å². The zero-order chi connectivity index (χ0) is 15.6. The van der Waals surface area contributed by atoms with Crippen molar-refractivity contribution in [3.63, 3.8) is 0 Å². The zero-order valence-corrected chi connectivity index (χ0v) is 11.2. The third kappa shape index (κ3) is 3.38. The van der Waals surface area contributed by atoms with Gasteiger partial charge in [-0.05, 0) is 36.4 Å². The molecule has 21 heavy (non-hydrogen) atoms. The Kier molecular flexibility index (Phi) is 3.96. The summed E-state index contributed by atoms with van der Waals surface area (Å²) in [7, 11) is 0. The molecular formula is C14H8ClF3N2O. The van der Waals surface area contributed by atoms with Crippen LogP contribution in [0.15, 0.2) is 36.4 Å². The molecule has 2 aromatic rings. The van der Waals surface area contributed by atoms with Gasteiger partial charge in [0, 0.05) is 10.7 Å². The first kappa shape index (κ1) is 15.0. The first-order chi connectivity index (χ1) is 9.81. The number of nitriles is 1. The van der Waals surface area contributed by atoms with Gasteiger partial charge in [-0.25, -0.2) is 0 Å². The third-order valence-electron chi connectivity index (χ3n) is 2.59. The van der Waals surface area contributed by atoms with E-state index in [0.29, 0.717) is 5.69 Å². The SMILES string of the molecule is N#Cc1cc(N)ccc1Oc1ccc(Cl)cc1C(F)(F)F. The number of nitrogens with two attached hydrogens (primary N) is 1. The monoisotopic (exact) mass is 312 g/mol. The molecule has 0 fully saturated rings. The average molecular weight is 313 g/mol. The summed E-state index contributed by atoms with van der Waals surface area (Å²) >= 11 is 5.58. The smallest absolute Gasteiger partial charge is 0.420 e. The number of anilines is 1. The van der Waals surface area contributed by atoms with Crippen molar-refractivity contribution in [1.29, 1.82) is 5.26 Å². The van der Waals surface area contributed by atoms with Gasteiger partial charge < -0.3 is 10.5 Å². The lowest BCUT2D eigenvalue weighted by molar-refractivity contribution is -0.138. The van der Waals surface area contributed by atoms with Crippen LogP contribution in [-0.4, -0.2) is 0 Å². The first-order valence-corrected chi connectivity index (χ1v) is 6.03. The molecule has 0 unspecified atom stereocenters. The molecule has 0 saturated carbocycles. The van der Waals surface area contributed by atoms with Crippen molar-refractivity contribution in [2.24, 2.45) is 0 Å². The Morgan fingerprint density at radius 2 is 1.76 bits per heavy atom. The normalized spacial score (nSPS) is 11.0. The van der Waals surface area contributed by atoms with E-state index in [1.54, 1.807) is 0 Å². The van der Waals surface area contributed by atoms with E-state index in [-0.39, 0.29) is 16.3 Å². The van der Waals surface area contributed by atoms with Crippen LogP contribution < -0.4 is 10.5 Å². The molecule has 0 aliphatic rings. The molecule has 0 radical (unpaired) electrons. The molecule has 0 spiro atoms. The first-order valence-electron chi connectivity index (χ1n) is 5.65. The van der Waals surface area contributed by atoms with Crippen molar-refractivity contribution >= 4 is 17.3 Å². The number of hydrogen-bond acceptors (Lipinski definition) is 3. The zero-order valence-electron chi connectivity index (χ0n) is 10.4. The van der Waals surface area contributed by atoms with Gasteiger partial charge in [-0.2, -0.15) is 18.4 Å². The molecule has 3 nitrogen and oxygen atoms in total. The molecule has 0 saturated heterocycles. The van der Waals surface area contributed by atoms with E-state index >= 15 is 0 Å². The van der Waals surface area contributed by atoms with E-state index in [4.69, 9.17) is 27.3 Å². The van der Waals surface area contributed by atoms with Crippen LogP contribution in [0, 0.1) is 11.3 Å². The fourth-order valence-corrected chi connectivity index (χ4v) is 1.83. The lowest BCUT2D eigenvalue weighted by Gasteiger charge is -2.14. The maximum absolute atomic E-state index is 13.0. The van der Waals surface area contributed by atoms with Crippen molar-refractivity contribution in [1.82, 2.24) is 0 Å². The number of hydrogen-bond donors (Lipinski definition) is 1. The van der Waals surface area contributed by atoms with E-state index in [0.717, 1.165) is 12.1 Å². The van der Waals surface area contributed by atoms with Crippen LogP contribution in [0.1, 0.15) is 11.1 Å². The predicted molar refractivity (Wildman–Crippen MR) is 72.1 cm³/mol. The van der Waals surface area contributed by atoms with Gasteiger partial charge in [-0.3, -0.25) is 0 Å². The second-order valence-corrected chi connectivity index (χ2v) is 4.54. The molecule has 2 aromatic carbocycles. The summed E-state index contributed by atoms with van der Waals surface area (Å²) in [5, 5.41) is 8.90. The highest BCUT2D eigenvalue weighted by atomic mass is 35.5. The number of rotatable bonds is 2. The fraction of sp³-hybridized carbons (Fsp3) is 0.0714. The minimum Gasteiger partial charge on any atom is -0.455 e. The number of nitrogen functional groups attached to an aromatic ring is 1. The highest BCUT2D eigenvalue weighted by Crippen LogP contribution is 2.40. The summed E-state index contributed by atoms with van der Waals surface area (Å²) in [5.74, 6) is -0.451. The Labute approximate surface area is 123 Å². The molecular weight excluding hydrogens is 305 g/mol. The topological polar surface area (TPSA) is 59.0 Å². The highest BCUT2D eigenvalue weighted by molar-refractivity contribution is 6.30. The molecule has 0 bridgehead atoms. The maximum Gasteiger partial charge on any atom is 0.420 e. The van der Waals surface area contributed by atoms with Crippen molar-refractivity contribution in [3.05, 3.63) is 52.5 Å². The van der Waals surface area contributed by atoms with E-state index in [2.05, 4.69) is 0 Å². The number of ether oxygens (including phenoxy) is 1. The highest BCUT2D eigenvalue weighted by Gasteiger charge is 2.35. The Balaban J connectivity index is 2.48. The van der Waals surface area contributed by atoms with Crippen LogP contribution in [0.3, 0.4) is 0 Å². The average Bonchev–Trinajstić information content (AvgIpc) is 2.41.